The molecule has 1 aliphatic heterocycles. The SMILES string of the molecule is NNC(Cc1ccc(Cl)s1)C1CSCCO1. The second-order valence-corrected chi connectivity index (χ2v) is 6.62. The maximum absolute atomic E-state index is 5.90. The fraction of sp³-hybridized carbons (Fsp3) is 0.600. The van der Waals surface area contributed by atoms with Gasteiger partial charge in [0.15, 0.2) is 0 Å². The van der Waals surface area contributed by atoms with E-state index in [0.29, 0.717) is 0 Å². The number of hydrazine groups is 1. The number of nitrogens with one attached hydrogen (secondary N) is 1. The molecule has 1 aromatic heterocycles. The van der Waals surface area contributed by atoms with Gasteiger partial charge in [0.2, 0.25) is 0 Å². The molecule has 1 fully saturated rings. The Morgan fingerprint density at radius 2 is 2.50 bits per heavy atom. The Morgan fingerprint density at radius 1 is 1.62 bits per heavy atom. The van der Waals surface area contributed by atoms with Crippen molar-refractivity contribution in [1.29, 1.82) is 0 Å². The van der Waals surface area contributed by atoms with Gasteiger partial charge in [0.1, 0.15) is 0 Å². The van der Waals surface area contributed by atoms with Crippen LogP contribution in [0.4, 0.5) is 0 Å². The lowest BCUT2D eigenvalue weighted by Gasteiger charge is -2.29. The zero-order chi connectivity index (χ0) is 11.4. The minimum absolute atomic E-state index is 0.169. The molecule has 0 spiro atoms. The molecule has 1 aromatic rings. The van der Waals surface area contributed by atoms with Gasteiger partial charge in [-0.05, 0) is 12.1 Å². The normalized spacial score (nSPS) is 23.2. The first-order chi connectivity index (χ1) is 7.79. The maximum Gasteiger partial charge on any atom is 0.0931 e. The van der Waals surface area contributed by atoms with Crippen molar-refractivity contribution in [3.63, 3.8) is 0 Å². The van der Waals surface area contributed by atoms with Crippen LogP contribution in [-0.2, 0) is 11.2 Å². The lowest BCUT2D eigenvalue weighted by Crippen LogP contribution is -2.49. The van der Waals surface area contributed by atoms with Crippen molar-refractivity contribution in [1.82, 2.24) is 5.43 Å². The van der Waals surface area contributed by atoms with E-state index in [1.54, 1.807) is 11.3 Å². The largest absolute Gasteiger partial charge is 0.375 e. The molecule has 0 saturated carbocycles. The van der Waals surface area contributed by atoms with E-state index in [4.69, 9.17) is 22.2 Å². The number of thioether (sulfide) groups is 1. The highest BCUT2D eigenvalue weighted by atomic mass is 35.5. The predicted molar refractivity (Wildman–Crippen MR) is 71.2 cm³/mol. The van der Waals surface area contributed by atoms with E-state index in [1.165, 1.54) is 4.88 Å². The van der Waals surface area contributed by atoms with Gasteiger partial charge in [-0.3, -0.25) is 11.3 Å². The molecule has 0 bridgehead atoms. The molecular weight excluding hydrogens is 264 g/mol. The van der Waals surface area contributed by atoms with Crippen molar-refractivity contribution in [3.05, 3.63) is 21.3 Å². The van der Waals surface area contributed by atoms with Gasteiger partial charge in [-0.2, -0.15) is 11.8 Å². The Morgan fingerprint density at radius 3 is 3.06 bits per heavy atom. The van der Waals surface area contributed by atoms with Crippen LogP contribution in [0.1, 0.15) is 4.88 Å². The molecule has 1 saturated heterocycles. The number of nitrogens with two attached hydrogens (primary N) is 1. The summed E-state index contributed by atoms with van der Waals surface area (Å²) in [6, 6.07) is 4.14. The average Bonchev–Trinajstić information content (AvgIpc) is 2.73. The van der Waals surface area contributed by atoms with Gasteiger partial charge in [0, 0.05) is 22.8 Å². The molecule has 16 heavy (non-hydrogen) atoms. The smallest absolute Gasteiger partial charge is 0.0931 e. The number of ether oxygens (including phenoxy) is 1. The molecule has 0 aromatic carbocycles. The molecule has 2 unspecified atom stereocenters. The standard InChI is InChI=1S/C10H15ClN2OS2/c11-10-2-1-7(16-10)5-8(13-12)9-6-15-4-3-14-9/h1-2,8-9,13H,3-6,12H2. The highest BCUT2D eigenvalue weighted by Crippen LogP contribution is 2.24. The second-order valence-electron chi connectivity index (χ2n) is 3.67. The number of hydrogen-bond acceptors (Lipinski definition) is 5. The second kappa shape index (κ2) is 6.23. The van der Waals surface area contributed by atoms with E-state index in [1.807, 2.05) is 23.9 Å². The lowest BCUT2D eigenvalue weighted by atomic mass is 10.1. The van der Waals surface area contributed by atoms with E-state index < -0.39 is 0 Å². The summed E-state index contributed by atoms with van der Waals surface area (Å²) in [5.41, 5.74) is 2.85. The first-order valence-corrected chi connectivity index (χ1v) is 7.54. The van der Waals surface area contributed by atoms with Crippen molar-refractivity contribution in [2.45, 2.75) is 18.6 Å². The van der Waals surface area contributed by atoms with Crippen LogP contribution in [-0.4, -0.2) is 30.3 Å². The van der Waals surface area contributed by atoms with E-state index in [9.17, 15) is 0 Å². The van der Waals surface area contributed by atoms with Gasteiger partial charge in [-0.1, -0.05) is 11.6 Å². The molecule has 6 heteroatoms. The summed E-state index contributed by atoms with van der Waals surface area (Å²) in [5.74, 6) is 7.68. The van der Waals surface area contributed by atoms with E-state index in [-0.39, 0.29) is 12.1 Å². The molecule has 1 aliphatic rings. The molecule has 3 nitrogen and oxygen atoms in total. The fourth-order valence-electron chi connectivity index (χ4n) is 1.71. The van der Waals surface area contributed by atoms with Crippen LogP contribution in [0.25, 0.3) is 0 Å². The highest BCUT2D eigenvalue weighted by Gasteiger charge is 2.24. The summed E-state index contributed by atoms with van der Waals surface area (Å²) in [7, 11) is 0. The van der Waals surface area contributed by atoms with Crippen molar-refractivity contribution in [2.75, 3.05) is 18.1 Å². The summed E-state index contributed by atoms with van der Waals surface area (Å²) in [6.07, 6.45) is 1.07. The van der Waals surface area contributed by atoms with Crippen molar-refractivity contribution in [2.24, 2.45) is 5.84 Å². The molecule has 0 aliphatic carbocycles. The van der Waals surface area contributed by atoms with Crippen LogP contribution in [0.5, 0.6) is 0 Å². The topological polar surface area (TPSA) is 47.3 Å². The molecule has 2 atom stereocenters. The van der Waals surface area contributed by atoms with Gasteiger partial charge >= 0.3 is 0 Å². The first-order valence-electron chi connectivity index (χ1n) is 5.19. The third-order valence-electron chi connectivity index (χ3n) is 2.55. The number of halogens is 1. The highest BCUT2D eigenvalue weighted by molar-refractivity contribution is 7.99. The van der Waals surface area contributed by atoms with Gasteiger partial charge in [0.05, 0.1) is 23.1 Å². The summed E-state index contributed by atoms with van der Waals surface area (Å²) in [6.45, 7) is 0.818. The summed E-state index contributed by atoms with van der Waals surface area (Å²) < 4.78 is 6.54. The zero-order valence-electron chi connectivity index (χ0n) is 8.82. The van der Waals surface area contributed by atoms with Crippen molar-refractivity contribution < 1.29 is 4.74 Å². The van der Waals surface area contributed by atoms with Gasteiger partial charge in [-0.15, -0.1) is 11.3 Å². The molecular formula is C10H15ClN2OS2. The van der Waals surface area contributed by atoms with E-state index in [0.717, 1.165) is 28.9 Å². The van der Waals surface area contributed by atoms with Crippen molar-refractivity contribution in [3.8, 4) is 0 Å². The molecule has 0 amide bonds. The average molecular weight is 279 g/mol. The lowest BCUT2D eigenvalue weighted by molar-refractivity contribution is 0.0474. The van der Waals surface area contributed by atoms with Crippen LogP contribution in [0.15, 0.2) is 12.1 Å². The minimum atomic E-state index is 0.169. The summed E-state index contributed by atoms with van der Waals surface area (Å²) >= 11 is 9.43. The molecule has 0 radical (unpaired) electrons. The predicted octanol–water partition coefficient (Wildman–Crippen LogP) is 1.91. The number of thiophene rings is 1. The van der Waals surface area contributed by atoms with Crippen LogP contribution >= 0.6 is 34.7 Å². The fourth-order valence-corrected chi connectivity index (χ4v) is 3.80. The van der Waals surface area contributed by atoms with Crippen molar-refractivity contribution >= 4 is 34.7 Å². The third kappa shape index (κ3) is 3.35. The Labute approximate surface area is 109 Å². The quantitative estimate of drug-likeness (QED) is 0.652. The maximum atomic E-state index is 5.90. The number of rotatable bonds is 4. The van der Waals surface area contributed by atoms with E-state index >= 15 is 0 Å². The van der Waals surface area contributed by atoms with Gasteiger partial charge < -0.3 is 4.74 Å². The van der Waals surface area contributed by atoms with Gasteiger partial charge in [0.25, 0.3) is 0 Å². The Hall–Kier alpha value is 0.220. The van der Waals surface area contributed by atoms with Crippen LogP contribution in [0, 0.1) is 0 Å². The first kappa shape index (κ1) is 12.7. The van der Waals surface area contributed by atoms with Gasteiger partial charge in [-0.25, -0.2) is 0 Å². The third-order valence-corrected chi connectivity index (χ3v) is 4.83. The summed E-state index contributed by atoms with van der Waals surface area (Å²) in [4.78, 5) is 1.24. The monoisotopic (exact) mass is 278 g/mol. The molecule has 90 valence electrons. The Bertz CT molecular complexity index is 328. The summed E-state index contributed by atoms with van der Waals surface area (Å²) in [5, 5.41) is 0. The molecule has 3 N–H and O–H groups in total. The Kier molecular flexibility index (Phi) is 4.94. The van der Waals surface area contributed by atoms with E-state index in [2.05, 4.69) is 5.43 Å². The molecule has 2 heterocycles. The minimum Gasteiger partial charge on any atom is -0.375 e. The number of hydrogen-bond donors (Lipinski definition) is 2. The van der Waals surface area contributed by atoms with Crippen LogP contribution in [0.3, 0.4) is 0 Å². The Balaban J connectivity index is 1.94. The zero-order valence-corrected chi connectivity index (χ0v) is 11.2. The van der Waals surface area contributed by atoms with Crippen LogP contribution < -0.4 is 11.3 Å². The van der Waals surface area contributed by atoms with Crippen LogP contribution in [0.2, 0.25) is 4.34 Å². The molecule has 2 rings (SSSR count).